The zero-order valence-corrected chi connectivity index (χ0v) is 18.6. The van der Waals surface area contributed by atoms with Crippen LogP contribution in [0.3, 0.4) is 0 Å². The fraction of sp³-hybridized carbons (Fsp3) is 0.520. The van der Waals surface area contributed by atoms with E-state index in [1.54, 1.807) is 35.6 Å². The third-order valence-electron chi connectivity index (χ3n) is 6.48. The topological polar surface area (TPSA) is 75.6 Å². The number of ether oxygens (including phenoxy) is 1. The third-order valence-corrected chi connectivity index (χ3v) is 6.48. The van der Waals surface area contributed by atoms with Crippen LogP contribution in [-0.4, -0.2) is 64.4 Å². The van der Waals surface area contributed by atoms with Crippen molar-refractivity contribution in [3.63, 3.8) is 0 Å². The second-order valence-electron chi connectivity index (χ2n) is 8.73. The van der Waals surface area contributed by atoms with Gasteiger partial charge in [0, 0.05) is 56.4 Å². The monoisotopic (exact) mass is 436 g/mol. The standard InChI is InChI=1S/C25H32N4O3/c30-24(17-21-7-4-10-26-19-21)28-12-14-29(15-13-28)25(31)22-8-11-27-23(18-22)32-16-9-20-5-2-1-3-6-20/h4,7-8,10-11,18-20H,1-3,5-6,9,12-17H2. The van der Waals surface area contributed by atoms with E-state index in [9.17, 15) is 9.59 Å². The normalized spacial score (nSPS) is 17.2. The number of hydrogen-bond donors (Lipinski definition) is 0. The molecular formula is C25H32N4O3. The Morgan fingerprint density at radius 1 is 1.00 bits per heavy atom. The second-order valence-corrected chi connectivity index (χ2v) is 8.73. The first-order valence-electron chi connectivity index (χ1n) is 11.7. The van der Waals surface area contributed by atoms with Crippen LogP contribution in [0.25, 0.3) is 0 Å². The molecule has 7 heteroatoms. The van der Waals surface area contributed by atoms with E-state index in [2.05, 4.69) is 9.97 Å². The Morgan fingerprint density at radius 2 is 1.78 bits per heavy atom. The average Bonchev–Trinajstić information content (AvgIpc) is 2.85. The number of nitrogens with zero attached hydrogens (tertiary/aromatic N) is 4. The smallest absolute Gasteiger partial charge is 0.254 e. The Labute approximate surface area is 189 Å². The minimum absolute atomic E-state index is 0.0381. The fourth-order valence-electron chi connectivity index (χ4n) is 4.56. The lowest BCUT2D eigenvalue weighted by atomic mass is 9.87. The maximum atomic E-state index is 13.0. The van der Waals surface area contributed by atoms with Crippen molar-refractivity contribution in [1.82, 2.24) is 19.8 Å². The van der Waals surface area contributed by atoms with Gasteiger partial charge in [0.15, 0.2) is 0 Å². The van der Waals surface area contributed by atoms with Gasteiger partial charge in [-0.1, -0.05) is 38.2 Å². The van der Waals surface area contributed by atoms with Crippen molar-refractivity contribution < 1.29 is 14.3 Å². The van der Waals surface area contributed by atoms with Crippen LogP contribution < -0.4 is 4.74 Å². The first kappa shape index (κ1) is 22.2. The Kier molecular flexibility index (Phi) is 7.69. The lowest BCUT2D eigenvalue weighted by Gasteiger charge is -2.35. The van der Waals surface area contributed by atoms with Crippen molar-refractivity contribution in [3.05, 3.63) is 54.0 Å². The molecule has 2 aromatic rings. The van der Waals surface area contributed by atoms with Gasteiger partial charge in [-0.3, -0.25) is 14.6 Å². The van der Waals surface area contributed by atoms with Crippen LogP contribution in [0.1, 0.15) is 54.4 Å². The van der Waals surface area contributed by atoms with Crippen LogP contribution in [0, 0.1) is 5.92 Å². The van der Waals surface area contributed by atoms with Gasteiger partial charge in [0.2, 0.25) is 11.8 Å². The van der Waals surface area contributed by atoms with Crippen molar-refractivity contribution in [1.29, 1.82) is 0 Å². The van der Waals surface area contributed by atoms with E-state index in [0.29, 0.717) is 50.7 Å². The summed E-state index contributed by atoms with van der Waals surface area (Å²) in [7, 11) is 0. The zero-order chi connectivity index (χ0) is 22.2. The Morgan fingerprint density at radius 3 is 2.53 bits per heavy atom. The Balaban J connectivity index is 1.24. The Hall–Kier alpha value is -2.96. The van der Waals surface area contributed by atoms with Gasteiger partial charge in [0.25, 0.3) is 5.91 Å². The quantitative estimate of drug-likeness (QED) is 0.665. The molecule has 1 aliphatic carbocycles. The van der Waals surface area contributed by atoms with E-state index in [0.717, 1.165) is 17.9 Å². The van der Waals surface area contributed by atoms with Crippen LogP contribution in [-0.2, 0) is 11.2 Å². The highest BCUT2D eigenvalue weighted by molar-refractivity contribution is 5.94. The second kappa shape index (κ2) is 11.1. The van der Waals surface area contributed by atoms with Gasteiger partial charge in [-0.25, -0.2) is 4.98 Å². The molecule has 0 N–H and O–H groups in total. The number of carbonyl (C=O) groups excluding carboxylic acids is 2. The predicted octanol–water partition coefficient (Wildman–Crippen LogP) is 3.35. The number of rotatable bonds is 7. The number of amides is 2. The fourth-order valence-corrected chi connectivity index (χ4v) is 4.56. The molecule has 2 aromatic heterocycles. The van der Waals surface area contributed by atoms with Crippen molar-refractivity contribution in [2.24, 2.45) is 5.92 Å². The molecule has 0 radical (unpaired) electrons. The van der Waals surface area contributed by atoms with Gasteiger partial charge in [-0.2, -0.15) is 0 Å². The number of hydrogen-bond acceptors (Lipinski definition) is 5. The molecule has 170 valence electrons. The first-order valence-corrected chi connectivity index (χ1v) is 11.7. The summed E-state index contributed by atoms with van der Waals surface area (Å²) < 4.78 is 5.85. The summed E-state index contributed by atoms with van der Waals surface area (Å²) >= 11 is 0. The zero-order valence-electron chi connectivity index (χ0n) is 18.6. The van der Waals surface area contributed by atoms with E-state index < -0.39 is 0 Å². The van der Waals surface area contributed by atoms with Crippen LogP contribution >= 0.6 is 0 Å². The van der Waals surface area contributed by atoms with Crippen LogP contribution in [0.4, 0.5) is 0 Å². The lowest BCUT2D eigenvalue weighted by molar-refractivity contribution is -0.131. The summed E-state index contributed by atoms with van der Waals surface area (Å²) in [5, 5.41) is 0. The number of pyridine rings is 2. The largest absolute Gasteiger partial charge is 0.478 e. The molecule has 32 heavy (non-hydrogen) atoms. The molecule has 4 rings (SSSR count). The molecule has 0 unspecified atom stereocenters. The molecule has 2 aliphatic rings. The molecule has 0 spiro atoms. The molecule has 0 atom stereocenters. The van der Waals surface area contributed by atoms with Crippen molar-refractivity contribution >= 4 is 11.8 Å². The van der Waals surface area contributed by atoms with Crippen LogP contribution in [0.15, 0.2) is 42.9 Å². The highest BCUT2D eigenvalue weighted by Crippen LogP contribution is 2.26. The van der Waals surface area contributed by atoms with Gasteiger partial charge in [-0.05, 0) is 30.0 Å². The Bertz CT molecular complexity index is 891. The van der Waals surface area contributed by atoms with Crippen molar-refractivity contribution in [2.75, 3.05) is 32.8 Å². The van der Waals surface area contributed by atoms with Gasteiger partial charge >= 0.3 is 0 Å². The number of carbonyl (C=O) groups is 2. The maximum Gasteiger partial charge on any atom is 0.254 e. The molecule has 2 amide bonds. The maximum absolute atomic E-state index is 13.0. The molecule has 1 aliphatic heterocycles. The summed E-state index contributed by atoms with van der Waals surface area (Å²) in [5.74, 6) is 1.30. The summed E-state index contributed by atoms with van der Waals surface area (Å²) in [5.41, 5.74) is 1.49. The van der Waals surface area contributed by atoms with E-state index in [4.69, 9.17) is 4.74 Å². The van der Waals surface area contributed by atoms with E-state index in [-0.39, 0.29) is 11.8 Å². The van der Waals surface area contributed by atoms with Gasteiger partial charge in [0.1, 0.15) is 0 Å². The van der Waals surface area contributed by atoms with Crippen molar-refractivity contribution in [2.45, 2.75) is 44.9 Å². The average molecular weight is 437 g/mol. The summed E-state index contributed by atoms with van der Waals surface area (Å²) in [6, 6.07) is 7.21. The minimum Gasteiger partial charge on any atom is -0.478 e. The van der Waals surface area contributed by atoms with Gasteiger partial charge in [0.05, 0.1) is 13.0 Å². The van der Waals surface area contributed by atoms with E-state index in [1.165, 1.54) is 32.1 Å². The number of aromatic nitrogens is 2. The third kappa shape index (κ3) is 6.05. The summed E-state index contributed by atoms with van der Waals surface area (Å²) in [6.45, 7) is 2.78. The molecule has 2 fully saturated rings. The van der Waals surface area contributed by atoms with Gasteiger partial charge in [-0.15, -0.1) is 0 Å². The SMILES string of the molecule is O=C(Cc1cccnc1)N1CCN(C(=O)c2ccnc(OCCC3CCCCC3)c2)CC1. The molecule has 7 nitrogen and oxygen atoms in total. The lowest BCUT2D eigenvalue weighted by Crippen LogP contribution is -2.51. The minimum atomic E-state index is -0.0381. The van der Waals surface area contributed by atoms with Crippen LogP contribution in [0.5, 0.6) is 5.88 Å². The summed E-state index contributed by atoms with van der Waals surface area (Å²) in [4.78, 5) is 37.5. The van der Waals surface area contributed by atoms with Gasteiger partial charge < -0.3 is 14.5 Å². The van der Waals surface area contributed by atoms with E-state index >= 15 is 0 Å². The molecule has 1 saturated carbocycles. The highest BCUT2D eigenvalue weighted by Gasteiger charge is 2.25. The molecular weight excluding hydrogens is 404 g/mol. The van der Waals surface area contributed by atoms with Crippen LogP contribution in [0.2, 0.25) is 0 Å². The summed E-state index contributed by atoms with van der Waals surface area (Å²) in [6.07, 6.45) is 13.1. The first-order chi connectivity index (χ1) is 15.7. The highest BCUT2D eigenvalue weighted by atomic mass is 16.5. The van der Waals surface area contributed by atoms with E-state index in [1.807, 2.05) is 17.0 Å². The number of piperazine rings is 1. The molecule has 1 saturated heterocycles. The molecule has 0 bridgehead atoms. The molecule has 0 aromatic carbocycles. The van der Waals surface area contributed by atoms with Crippen molar-refractivity contribution in [3.8, 4) is 5.88 Å². The predicted molar refractivity (Wildman–Crippen MR) is 121 cm³/mol. The molecule has 3 heterocycles.